The van der Waals surface area contributed by atoms with Crippen LogP contribution in [0.25, 0.3) is 0 Å². The van der Waals surface area contributed by atoms with Crippen LogP contribution in [0.3, 0.4) is 0 Å². The Labute approximate surface area is 137 Å². The Balaban J connectivity index is 1.72. The van der Waals surface area contributed by atoms with Gasteiger partial charge >= 0.3 is 0 Å². The van der Waals surface area contributed by atoms with Gasteiger partial charge in [-0.3, -0.25) is 0 Å². The van der Waals surface area contributed by atoms with Gasteiger partial charge in [0, 0.05) is 11.1 Å². The molecule has 0 aromatic heterocycles. The molecule has 0 atom stereocenters. The third-order valence-corrected chi connectivity index (χ3v) is 2.89. The molecule has 2 rings (SSSR count). The van der Waals surface area contributed by atoms with Crippen LogP contribution in [0.15, 0.2) is 46.7 Å². The van der Waals surface area contributed by atoms with Crippen LogP contribution in [0, 0.1) is 0 Å². The molecule has 2 aromatic rings. The second-order valence-electron chi connectivity index (χ2n) is 4.57. The summed E-state index contributed by atoms with van der Waals surface area (Å²) in [5.74, 6) is -1.05. The Morgan fingerprint density at radius 3 is 1.54 bits per heavy atom. The summed E-state index contributed by atoms with van der Waals surface area (Å²) in [4.78, 5) is 9.83. The average Bonchev–Trinajstić information content (AvgIpc) is 2.57. The van der Waals surface area contributed by atoms with Gasteiger partial charge in [0.2, 0.25) is 0 Å². The molecule has 0 radical (unpaired) electrons. The van der Waals surface area contributed by atoms with Crippen molar-refractivity contribution in [3.8, 4) is 23.0 Å². The van der Waals surface area contributed by atoms with Crippen molar-refractivity contribution < 1.29 is 30.1 Å². The second kappa shape index (κ2) is 8.28. The van der Waals surface area contributed by atoms with Crippen molar-refractivity contribution in [2.45, 2.75) is 0 Å². The van der Waals surface area contributed by atoms with E-state index >= 15 is 0 Å². The molecule has 0 unspecified atom stereocenters. The van der Waals surface area contributed by atoms with Gasteiger partial charge in [0.1, 0.15) is 0 Å². The number of hydrogen-bond donors (Lipinski definition) is 4. The fourth-order valence-corrected chi connectivity index (χ4v) is 1.67. The molecule has 2 aromatic carbocycles. The standard InChI is InChI=1S/C16H16N2O6/c19-13-5-1-3-11(15(13)21)9-17-23-7-8-24-18-10-12-4-2-6-14(20)16(12)22/h1-6,9-10,19-22H,7-8H2/b17-9+,18-10+. The van der Waals surface area contributed by atoms with Gasteiger partial charge in [-0.2, -0.15) is 0 Å². The maximum atomic E-state index is 9.54. The third-order valence-electron chi connectivity index (χ3n) is 2.89. The topological polar surface area (TPSA) is 124 Å². The minimum Gasteiger partial charge on any atom is -0.504 e. The lowest BCUT2D eigenvalue weighted by molar-refractivity contribution is 0.0553. The molecule has 0 spiro atoms. The van der Waals surface area contributed by atoms with Gasteiger partial charge in [0.25, 0.3) is 0 Å². The Morgan fingerprint density at radius 2 is 1.12 bits per heavy atom. The first-order valence-electron chi connectivity index (χ1n) is 6.92. The Bertz CT molecular complexity index is 682. The molecule has 8 nitrogen and oxygen atoms in total. The SMILES string of the molecule is Oc1cccc(/C=N/OCCO/N=C/c2cccc(O)c2O)c1O. The number of benzene rings is 2. The monoisotopic (exact) mass is 332 g/mol. The van der Waals surface area contributed by atoms with E-state index in [2.05, 4.69) is 10.3 Å². The van der Waals surface area contributed by atoms with Crippen molar-refractivity contribution in [2.75, 3.05) is 13.2 Å². The van der Waals surface area contributed by atoms with Crippen LogP contribution in [0.2, 0.25) is 0 Å². The number of nitrogens with zero attached hydrogens (tertiary/aromatic N) is 2. The molecule has 0 saturated carbocycles. The first-order chi connectivity index (χ1) is 11.6. The summed E-state index contributed by atoms with van der Waals surface area (Å²) in [6.45, 7) is 0.193. The molecule has 0 amide bonds. The maximum absolute atomic E-state index is 9.54. The summed E-state index contributed by atoms with van der Waals surface area (Å²) in [5, 5.41) is 44.9. The minimum absolute atomic E-state index is 0.0967. The molecule has 0 bridgehead atoms. The predicted octanol–water partition coefficient (Wildman–Crippen LogP) is 1.91. The Kier molecular flexibility index (Phi) is 5.84. The molecule has 0 heterocycles. The van der Waals surface area contributed by atoms with E-state index in [9.17, 15) is 20.4 Å². The van der Waals surface area contributed by atoms with E-state index in [1.807, 2.05) is 0 Å². The molecule has 4 N–H and O–H groups in total. The fraction of sp³-hybridized carbons (Fsp3) is 0.125. The van der Waals surface area contributed by atoms with E-state index in [-0.39, 0.29) is 36.2 Å². The molecule has 8 heteroatoms. The first kappa shape index (κ1) is 16.9. The molecule has 0 aliphatic heterocycles. The summed E-state index contributed by atoms with van der Waals surface area (Å²) in [6, 6.07) is 8.94. The van der Waals surface area contributed by atoms with E-state index in [0.29, 0.717) is 11.1 Å². The highest BCUT2D eigenvalue weighted by molar-refractivity contribution is 5.84. The highest BCUT2D eigenvalue weighted by Gasteiger charge is 2.03. The maximum Gasteiger partial charge on any atom is 0.166 e. The summed E-state index contributed by atoms with van der Waals surface area (Å²) >= 11 is 0. The van der Waals surface area contributed by atoms with Gasteiger partial charge in [-0.25, -0.2) is 0 Å². The third kappa shape index (κ3) is 4.54. The minimum atomic E-state index is -0.281. The summed E-state index contributed by atoms with van der Waals surface area (Å²) in [7, 11) is 0. The van der Waals surface area contributed by atoms with Crippen LogP contribution >= 0.6 is 0 Å². The summed E-state index contributed by atoms with van der Waals surface area (Å²) < 4.78 is 0. The number of phenols is 4. The predicted molar refractivity (Wildman–Crippen MR) is 86.6 cm³/mol. The molecule has 0 aliphatic carbocycles. The van der Waals surface area contributed by atoms with Crippen LogP contribution in [-0.4, -0.2) is 46.1 Å². The zero-order valence-electron chi connectivity index (χ0n) is 12.5. The number of para-hydroxylation sites is 2. The second-order valence-corrected chi connectivity index (χ2v) is 4.57. The molecular weight excluding hydrogens is 316 g/mol. The van der Waals surface area contributed by atoms with Crippen LogP contribution in [-0.2, 0) is 9.68 Å². The van der Waals surface area contributed by atoms with Gasteiger partial charge in [-0.05, 0) is 24.3 Å². The average molecular weight is 332 g/mol. The number of oxime groups is 2. The van der Waals surface area contributed by atoms with Crippen LogP contribution in [0.5, 0.6) is 23.0 Å². The molecule has 0 saturated heterocycles. The molecular formula is C16H16N2O6. The van der Waals surface area contributed by atoms with Crippen LogP contribution in [0.1, 0.15) is 11.1 Å². The van der Waals surface area contributed by atoms with E-state index in [0.717, 1.165) is 0 Å². The molecule has 0 aliphatic rings. The van der Waals surface area contributed by atoms with Gasteiger partial charge < -0.3 is 30.1 Å². The van der Waals surface area contributed by atoms with E-state index in [1.165, 1.54) is 24.6 Å². The van der Waals surface area contributed by atoms with E-state index in [4.69, 9.17) is 9.68 Å². The zero-order chi connectivity index (χ0) is 17.4. The van der Waals surface area contributed by atoms with Crippen LogP contribution < -0.4 is 0 Å². The van der Waals surface area contributed by atoms with Gasteiger partial charge in [-0.1, -0.05) is 22.4 Å². The normalized spacial score (nSPS) is 11.2. The quantitative estimate of drug-likeness (QED) is 0.266. The number of hydrogen-bond acceptors (Lipinski definition) is 8. The van der Waals surface area contributed by atoms with Crippen molar-refractivity contribution in [2.24, 2.45) is 10.3 Å². The van der Waals surface area contributed by atoms with Crippen molar-refractivity contribution in [3.63, 3.8) is 0 Å². The van der Waals surface area contributed by atoms with Crippen molar-refractivity contribution >= 4 is 12.4 Å². The smallest absolute Gasteiger partial charge is 0.166 e. The number of rotatable bonds is 7. The molecule has 126 valence electrons. The van der Waals surface area contributed by atoms with E-state index in [1.54, 1.807) is 24.3 Å². The Morgan fingerprint density at radius 1 is 0.708 bits per heavy atom. The van der Waals surface area contributed by atoms with Crippen molar-refractivity contribution in [1.29, 1.82) is 0 Å². The molecule has 24 heavy (non-hydrogen) atoms. The number of phenolic OH excluding ortho intramolecular Hbond substituents is 4. The van der Waals surface area contributed by atoms with Crippen molar-refractivity contribution in [1.82, 2.24) is 0 Å². The van der Waals surface area contributed by atoms with Gasteiger partial charge in [-0.15, -0.1) is 0 Å². The lowest BCUT2D eigenvalue weighted by atomic mass is 10.2. The number of aromatic hydroxyl groups is 4. The summed E-state index contributed by atoms with van der Waals surface area (Å²) in [6.07, 6.45) is 2.51. The highest BCUT2D eigenvalue weighted by atomic mass is 16.7. The van der Waals surface area contributed by atoms with Gasteiger partial charge in [0.15, 0.2) is 36.2 Å². The Hall–Kier alpha value is -3.42. The van der Waals surface area contributed by atoms with Crippen molar-refractivity contribution in [3.05, 3.63) is 47.5 Å². The summed E-state index contributed by atoms with van der Waals surface area (Å²) in [5.41, 5.74) is 0.626. The lowest BCUT2D eigenvalue weighted by Crippen LogP contribution is -1.98. The zero-order valence-corrected chi connectivity index (χ0v) is 12.5. The van der Waals surface area contributed by atoms with E-state index < -0.39 is 0 Å². The fourth-order valence-electron chi connectivity index (χ4n) is 1.67. The van der Waals surface area contributed by atoms with Crippen LogP contribution in [0.4, 0.5) is 0 Å². The molecule has 0 fully saturated rings. The van der Waals surface area contributed by atoms with Gasteiger partial charge in [0.05, 0.1) is 12.4 Å². The highest BCUT2D eigenvalue weighted by Crippen LogP contribution is 2.27. The first-order valence-corrected chi connectivity index (χ1v) is 6.92. The largest absolute Gasteiger partial charge is 0.504 e. The lowest BCUT2D eigenvalue weighted by Gasteiger charge is -2.02.